The molecule has 0 radical (unpaired) electrons. The first kappa shape index (κ1) is 9.71. The third-order valence-electron chi connectivity index (χ3n) is 3.35. The molecular formula is C11H18N2O. The molecule has 1 fully saturated rings. The summed E-state index contributed by atoms with van der Waals surface area (Å²) in [6.07, 6.45) is 4.78. The van der Waals surface area contributed by atoms with Crippen molar-refractivity contribution < 1.29 is 4.52 Å². The van der Waals surface area contributed by atoms with E-state index in [-0.39, 0.29) is 6.04 Å². The summed E-state index contributed by atoms with van der Waals surface area (Å²) in [7, 11) is 0. The molecule has 0 saturated heterocycles. The van der Waals surface area contributed by atoms with Gasteiger partial charge in [0.25, 0.3) is 0 Å². The van der Waals surface area contributed by atoms with Gasteiger partial charge in [0.15, 0.2) is 0 Å². The Labute approximate surface area is 84.7 Å². The summed E-state index contributed by atoms with van der Waals surface area (Å²) in [5, 5.41) is 4.00. The fraction of sp³-hybridized carbons (Fsp3) is 0.727. The standard InChI is InChI=1S/C11H18N2O/c1-7-8(2)13-14-11(7)9-5-3-4-6-10(9)12/h9-10H,3-6,12H2,1-2H3. The zero-order chi connectivity index (χ0) is 10.1. The summed E-state index contributed by atoms with van der Waals surface area (Å²) in [4.78, 5) is 0. The van der Waals surface area contributed by atoms with Crippen molar-refractivity contribution in [3.05, 3.63) is 17.0 Å². The highest BCUT2D eigenvalue weighted by molar-refractivity contribution is 5.24. The van der Waals surface area contributed by atoms with Crippen molar-refractivity contribution in [2.24, 2.45) is 5.73 Å². The highest BCUT2D eigenvalue weighted by Crippen LogP contribution is 2.34. The van der Waals surface area contributed by atoms with Gasteiger partial charge in [0, 0.05) is 17.5 Å². The number of aryl methyl sites for hydroxylation is 1. The van der Waals surface area contributed by atoms with E-state index in [1.807, 2.05) is 6.92 Å². The molecule has 0 bridgehead atoms. The lowest BCUT2D eigenvalue weighted by atomic mass is 9.82. The van der Waals surface area contributed by atoms with E-state index >= 15 is 0 Å². The molecule has 1 heterocycles. The molecule has 0 aromatic carbocycles. The summed E-state index contributed by atoms with van der Waals surface area (Å²) < 4.78 is 5.37. The first-order valence-corrected chi connectivity index (χ1v) is 5.38. The number of hydrogen-bond acceptors (Lipinski definition) is 3. The van der Waals surface area contributed by atoms with Crippen molar-refractivity contribution in [1.29, 1.82) is 0 Å². The minimum absolute atomic E-state index is 0.259. The van der Waals surface area contributed by atoms with Crippen LogP contribution in [0.1, 0.15) is 48.6 Å². The van der Waals surface area contributed by atoms with Crippen LogP contribution in [-0.4, -0.2) is 11.2 Å². The SMILES string of the molecule is Cc1noc(C2CCCCC2N)c1C. The predicted octanol–water partition coefficient (Wildman–Crippen LogP) is 2.28. The highest BCUT2D eigenvalue weighted by Gasteiger charge is 2.28. The maximum Gasteiger partial charge on any atom is 0.144 e. The topological polar surface area (TPSA) is 52.0 Å². The molecule has 2 atom stereocenters. The Balaban J connectivity index is 2.24. The van der Waals surface area contributed by atoms with E-state index < -0.39 is 0 Å². The molecule has 78 valence electrons. The van der Waals surface area contributed by atoms with Gasteiger partial charge in [0.1, 0.15) is 5.76 Å². The molecule has 1 aromatic rings. The predicted molar refractivity (Wildman–Crippen MR) is 55.2 cm³/mol. The lowest BCUT2D eigenvalue weighted by Gasteiger charge is -2.26. The maximum absolute atomic E-state index is 6.10. The van der Waals surface area contributed by atoms with Crippen LogP contribution in [0.25, 0.3) is 0 Å². The zero-order valence-electron chi connectivity index (χ0n) is 8.92. The fourth-order valence-corrected chi connectivity index (χ4v) is 2.26. The van der Waals surface area contributed by atoms with Crippen LogP contribution in [0.15, 0.2) is 4.52 Å². The van der Waals surface area contributed by atoms with Gasteiger partial charge in [-0.3, -0.25) is 0 Å². The van der Waals surface area contributed by atoms with E-state index in [1.165, 1.54) is 18.4 Å². The largest absolute Gasteiger partial charge is 0.361 e. The maximum atomic E-state index is 6.10. The smallest absolute Gasteiger partial charge is 0.144 e. The van der Waals surface area contributed by atoms with Crippen molar-refractivity contribution >= 4 is 0 Å². The van der Waals surface area contributed by atoms with Crippen LogP contribution in [0.3, 0.4) is 0 Å². The fourth-order valence-electron chi connectivity index (χ4n) is 2.26. The number of hydrogen-bond donors (Lipinski definition) is 1. The summed E-state index contributed by atoms with van der Waals surface area (Å²) in [6, 6.07) is 0.259. The Bertz CT molecular complexity index is 319. The Morgan fingerprint density at radius 1 is 1.29 bits per heavy atom. The van der Waals surface area contributed by atoms with Gasteiger partial charge in [-0.2, -0.15) is 0 Å². The normalized spacial score (nSPS) is 27.9. The highest BCUT2D eigenvalue weighted by atomic mass is 16.5. The van der Waals surface area contributed by atoms with E-state index in [1.54, 1.807) is 0 Å². The Kier molecular flexibility index (Phi) is 2.59. The van der Waals surface area contributed by atoms with Crippen LogP contribution in [0, 0.1) is 13.8 Å². The van der Waals surface area contributed by atoms with Crippen LogP contribution >= 0.6 is 0 Å². The molecule has 3 nitrogen and oxygen atoms in total. The van der Waals surface area contributed by atoms with Crippen molar-refractivity contribution in [3.8, 4) is 0 Å². The van der Waals surface area contributed by atoms with Crippen LogP contribution in [0.4, 0.5) is 0 Å². The molecule has 2 unspecified atom stereocenters. The van der Waals surface area contributed by atoms with E-state index in [4.69, 9.17) is 10.3 Å². The summed E-state index contributed by atoms with van der Waals surface area (Å²) >= 11 is 0. The molecular weight excluding hydrogens is 176 g/mol. The van der Waals surface area contributed by atoms with E-state index in [0.717, 1.165) is 24.3 Å². The van der Waals surface area contributed by atoms with Crippen LogP contribution < -0.4 is 5.73 Å². The van der Waals surface area contributed by atoms with Crippen LogP contribution in [0.2, 0.25) is 0 Å². The number of aromatic nitrogens is 1. The molecule has 3 heteroatoms. The first-order valence-electron chi connectivity index (χ1n) is 5.38. The quantitative estimate of drug-likeness (QED) is 0.746. The lowest BCUT2D eigenvalue weighted by molar-refractivity contribution is 0.295. The Hall–Kier alpha value is -0.830. The molecule has 1 aromatic heterocycles. The summed E-state index contributed by atoms with van der Waals surface area (Å²) in [6.45, 7) is 4.05. The molecule has 2 rings (SSSR count). The lowest BCUT2D eigenvalue weighted by Crippen LogP contribution is -2.31. The molecule has 1 aliphatic carbocycles. The van der Waals surface area contributed by atoms with Crippen molar-refractivity contribution in [1.82, 2.24) is 5.16 Å². The van der Waals surface area contributed by atoms with Gasteiger partial charge in [0.2, 0.25) is 0 Å². The van der Waals surface area contributed by atoms with Crippen LogP contribution in [-0.2, 0) is 0 Å². The molecule has 0 aliphatic heterocycles. The van der Waals surface area contributed by atoms with Gasteiger partial charge >= 0.3 is 0 Å². The van der Waals surface area contributed by atoms with Gasteiger partial charge in [0.05, 0.1) is 5.69 Å². The number of rotatable bonds is 1. The molecule has 1 saturated carbocycles. The van der Waals surface area contributed by atoms with Gasteiger partial charge in [-0.25, -0.2) is 0 Å². The minimum Gasteiger partial charge on any atom is -0.361 e. The Morgan fingerprint density at radius 2 is 2.00 bits per heavy atom. The second-order valence-corrected chi connectivity index (χ2v) is 4.31. The summed E-state index contributed by atoms with van der Waals surface area (Å²) in [5.41, 5.74) is 8.29. The van der Waals surface area contributed by atoms with Gasteiger partial charge in [-0.1, -0.05) is 18.0 Å². The zero-order valence-corrected chi connectivity index (χ0v) is 8.92. The van der Waals surface area contributed by atoms with Crippen molar-refractivity contribution in [2.45, 2.75) is 51.5 Å². The van der Waals surface area contributed by atoms with Gasteiger partial charge in [-0.15, -0.1) is 0 Å². The number of nitrogens with two attached hydrogens (primary N) is 1. The molecule has 2 N–H and O–H groups in total. The van der Waals surface area contributed by atoms with Crippen molar-refractivity contribution in [2.75, 3.05) is 0 Å². The van der Waals surface area contributed by atoms with Crippen molar-refractivity contribution in [3.63, 3.8) is 0 Å². The first-order chi connectivity index (χ1) is 6.70. The second kappa shape index (κ2) is 3.73. The monoisotopic (exact) mass is 194 g/mol. The molecule has 1 aliphatic rings. The van der Waals surface area contributed by atoms with E-state index in [2.05, 4.69) is 12.1 Å². The number of nitrogens with zero attached hydrogens (tertiary/aromatic N) is 1. The van der Waals surface area contributed by atoms with E-state index in [0.29, 0.717) is 5.92 Å². The third-order valence-corrected chi connectivity index (χ3v) is 3.35. The second-order valence-electron chi connectivity index (χ2n) is 4.31. The summed E-state index contributed by atoms with van der Waals surface area (Å²) in [5.74, 6) is 1.42. The third kappa shape index (κ3) is 1.57. The van der Waals surface area contributed by atoms with E-state index in [9.17, 15) is 0 Å². The Morgan fingerprint density at radius 3 is 2.57 bits per heavy atom. The van der Waals surface area contributed by atoms with Crippen LogP contribution in [0.5, 0.6) is 0 Å². The van der Waals surface area contributed by atoms with Gasteiger partial charge in [-0.05, 0) is 26.7 Å². The average Bonchev–Trinajstić information content (AvgIpc) is 2.49. The van der Waals surface area contributed by atoms with Gasteiger partial charge < -0.3 is 10.3 Å². The molecule has 0 amide bonds. The minimum atomic E-state index is 0.259. The molecule has 14 heavy (non-hydrogen) atoms. The molecule has 0 spiro atoms. The average molecular weight is 194 g/mol.